The van der Waals surface area contributed by atoms with E-state index in [1.54, 1.807) is 30.6 Å². The zero-order chi connectivity index (χ0) is 25.3. The fraction of sp³-hybridized carbons (Fsp3) is 0.250. The molecule has 1 atom stereocenters. The van der Waals surface area contributed by atoms with Gasteiger partial charge in [-0.1, -0.05) is 18.2 Å². The summed E-state index contributed by atoms with van der Waals surface area (Å²) in [5.41, 5.74) is 4.71. The Hall–Kier alpha value is -4.13. The Morgan fingerprint density at radius 1 is 1.06 bits per heavy atom. The standard InChI is InChI=1S/C28H29N3O4/c1-17-14-18(2)27(35-5)22(15-17)25(32)23-24(20-6-8-21(9-7-20)30(3)4)31(28(34)26(23)33)16-19-10-12-29-13-11-19/h6-15,24,32H,16H2,1-5H3/b25-23+. The lowest BCUT2D eigenvalue weighted by Crippen LogP contribution is -2.29. The second-order valence-electron chi connectivity index (χ2n) is 8.93. The van der Waals surface area contributed by atoms with Gasteiger partial charge in [0.2, 0.25) is 0 Å². The van der Waals surface area contributed by atoms with Crippen LogP contribution in [0.1, 0.15) is 33.9 Å². The second kappa shape index (κ2) is 9.62. The summed E-state index contributed by atoms with van der Waals surface area (Å²) in [7, 11) is 5.40. The zero-order valence-electron chi connectivity index (χ0n) is 20.6. The van der Waals surface area contributed by atoms with Gasteiger partial charge in [-0.3, -0.25) is 14.6 Å². The highest BCUT2D eigenvalue weighted by atomic mass is 16.5. The first-order valence-electron chi connectivity index (χ1n) is 11.3. The number of aryl methyl sites for hydroxylation is 2. The van der Waals surface area contributed by atoms with Gasteiger partial charge in [0.1, 0.15) is 11.5 Å². The Balaban J connectivity index is 1.92. The zero-order valence-corrected chi connectivity index (χ0v) is 20.6. The summed E-state index contributed by atoms with van der Waals surface area (Å²) in [5, 5.41) is 11.5. The Morgan fingerprint density at radius 2 is 1.71 bits per heavy atom. The van der Waals surface area contributed by atoms with Crippen LogP contribution in [-0.2, 0) is 16.1 Å². The molecule has 1 unspecified atom stereocenters. The molecule has 0 aliphatic carbocycles. The van der Waals surface area contributed by atoms with Crippen LogP contribution in [0.15, 0.2) is 66.5 Å². The normalized spacial score (nSPS) is 17.1. The highest BCUT2D eigenvalue weighted by molar-refractivity contribution is 6.46. The van der Waals surface area contributed by atoms with Crippen molar-refractivity contribution in [2.45, 2.75) is 26.4 Å². The predicted molar refractivity (Wildman–Crippen MR) is 135 cm³/mol. The number of carbonyl (C=O) groups is 2. The number of carbonyl (C=O) groups excluding carboxylic acids is 2. The van der Waals surface area contributed by atoms with Gasteiger partial charge < -0.3 is 19.6 Å². The van der Waals surface area contributed by atoms with Crippen molar-refractivity contribution in [1.29, 1.82) is 0 Å². The summed E-state index contributed by atoms with van der Waals surface area (Å²) in [6.07, 6.45) is 3.29. The van der Waals surface area contributed by atoms with Crippen LogP contribution in [0.4, 0.5) is 5.69 Å². The summed E-state index contributed by atoms with van der Waals surface area (Å²) in [6, 6.07) is 14.2. The van der Waals surface area contributed by atoms with E-state index in [0.717, 1.165) is 27.9 Å². The molecule has 0 saturated carbocycles. The van der Waals surface area contributed by atoms with Crippen molar-refractivity contribution in [2.75, 3.05) is 26.1 Å². The molecule has 1 fully saturated rings. The van der Waals surface area contributed by atoms with Gasteiger partial charge in [0.05, 0.1) is 24.3 Å². The topological polar surface area (TPSA) is 83.0 Å². The Bertz CT molecular complexity index is 1300. The molecule has 1 aliphatic heterocycles. The summed E-state index contributed by atoms with van der Waals surface area (Å²) in [4.78, 5) is 34.2. The molecule has 2 aromatic carbocycles. The van der Waals surface area contributed by atoms with E-state index in [9.17, 15) is 14.7 Å². The molecular formula is C28H29N3O4. The highest BCUT2D eigenvalue weighted by Gasteiger charge is 2.46. The summed E-state index contributed by atoms with van der Waals surface area (Å²) in [6.45, 7) is 3.98. The number of hydrogen-bond acceptors (Lipinski definition) is 6. The lowest BCUT2D eigenvalue weighted by atomic mass is 9.93. The van der Waals surface area contributed by atoms with Crippen LogP contribution in [-0.4, -0.2) is 47.9 Å². The Kier molecular flexibility index (Phi) is 6.60. The van der Waals surface area contributed by atoms with Gasteiger partial charge >= 0.3 is 0 Å². The van der Waals surface area contributed by atoms with Crippen LogP contribution in [0.3, 0.4) is 0 Å². The number of aromatic nitrogens is 1. The minimum absolute atomic E-state index is 0.0463. The maximum atomic E-state index is 13.4. The first kappa shape index (κ1) is 24.0. The lowest BCUT2D eigenvalue weighted by molar-refractivity contribution is -0.140. The van der Waals surface area contributed by atoms with Crippen molar-refractivity contribution < 1.29 is 19.4 Å². The molecule has 1 aromatic heterocycles. The number of aliphatic hydroxyl groups is 1. The molecule has 1 saturated heterocycles. The number of ketones is 1. The molecular weight excluding hydrogens is 442 g/mol. The molecule has 180 valence electrons. The summed E-state index contributed by atoms with van der Waals surface area (Å²) < 4.78 is 5.56. The number of aliphatic hydroxyl groups excluding tert-OH is 1. The van der Waals surface area contributed by atoms with E-state index in [4.69, 9.17) is 4.74 Å². The van der Waals surface area contributed by atoms with Crippen LogP contribution >= 0.6 is 0 Å². The number of anilines is 1. The van der Waals surface area contributed by atoms with Crippen LogP contribution in [0.5, 0.6) is 5.75 Å². The van der Waals surface area contributed by atoms with Crippen molar-refractivity contribution >= 4 is 23.1 Å². The van der Waals surface area contributed by atoms with Crippen molar-refractivity contribution in [1.82, 2.24) is 9.88 Å². The smallest absolute Gasteiger partial charge is 0.295 e. The monoisotopic (exact) mass is 471 g/mol. The average Bonchev–Trinajstić information content (AvgIpc) is 3.08. The Labute approximate surface area is 205 Å². The van der Waals surface area contributed by atoms with Gasteiger partial charge in [-0.25, -0.2) is 0 Å². The van der Waals surface area contributed by atoms with Gasteiger partial charge in [-0.15, -0.1) is 0 Å². The number of likely N-dealkylation sites (tertiary alicyclic amines) is 1. The molecule has 2 heterocycles. The van der Waals surface area contributed by atoms with Crippen LogP contribution in [0.25, 0.3) is 5.76 Å². The first-order valence-corrected chi connectivity index (χ1v) is 11.3. The predicted octanol–water partition coefficient (Wildman–Crippen LogP) is 4.39. The van der Waals surface area contributed by atoms with Crippen LogP contribution in [0.2, 0.25) is 0 Å². The fourth-order valence-corrected chi connectivity index (χ4v) is 4.58. The van der Waals surface area contributed by atoms with Crippen molar-refractivity contribution in [2.24, 2.45) is 0 Å². The molecule has 1 amide bonds. The minimum Gasteiger partial charge on any atom is -0.507 e. The van der Waals surface area contributed by atoms with Gasteiger partial charge in [0.15, 0.2) is 0 Å². The van der Waals surface area contributed by atoms with E-state index in [2.05, 4.69) is 4.98 Å². The number of pyridine rings is 1. The highest BCUT2D eigenvalue weighted by Crippen LogP contribution is 2.42. The van der Waals surface area contributed by atoms with Gasteiger partial charge in [-0.05, 0) is 66.4 Å². The summed E-state index contributed by atoms with van der Waals surface area (Å²) >= 11 is 0. The molecule has 0 spiro atoms. The largest absolute Gasteiger partial charge is 0.507 e. The van der Waals surface area contributed by atoms with Crippen molar-refractivity contribution in [3.05, 3.63) is 94.3 Å². The van der Waals surface area contributed by atoms with Crippen LogP contribution in [0, 0.1) is 13.8 Å². The van der Waals surface area contributed by atoms with E-state index in [1.165, 1.54) is 12.0 Å². The number of ether oxygens (including phenoxy) is 1. The fourth-order valence-electron chi connectivity index (χ4n) is 4.58. The van der Waals surface area contributed by atoms with E-state index in [0.29, 0.717) is 11.3 Å². The Morgan fingerprint density at radius 3 is 2.31 bits per heavy atom. The number of nitrogens with zero attached hydrogens (tertiary/aromatic N) is 3. The van der Waals surface area contributed by atoms with Gasteiger partial charge in [0, 0.05) is 38.7 Å². The third kappa shape index (κ3) is 4.49. The minimum atomic E-state index is -0.759. The van der Waals surface area contributed by atoms with E-state index in [1.807, 2.05) is 63.2 Å². The van der Waals surface area contributed by atoms with Gasteiger partial charge in [-0.2, -0.15) is 0 Å². The number of rotatable bonds is 6. The molecule has 1 N–H and O–H groups in total. The van der Waals surface area contributed by atoms with E-state index < -0.39 is 17.7 Å². The van der Waals surface area contributed by atoms with E-state index in [-0.39, 0.29) is 17.9 Å². The summed E-state index contributed by atoms with van der Waals surface area (Å²) in [5.74, 6) is -1.16. The molecule has 0 bridgehead atoms. The maximum absolute atomic E-state index is 13.4. The first-order chi connectivity index (χ1) is 16.7. The molecule has 4 rings (SSSR count). The number of Topliss-reactive ketones (excluding diaryl/α,β-unsaturated/α-hetero) is 1. The molecule has 1 aliphatic rings. The molecule has 7 nitrogen and oxygen atoms in total. The molecule has 35 heavy (non-hydrogen) atoms. The number of benzene rings is 2. The van der Waals surface area contributed by atoms with Gasteiger partial charge in [0.25, 0.3) is 11.7 Å². The quantitative estimate of drug-likeness (QED) is 0.326. The third-order valence-electron chi connectivity index (χ3n) is 6.25. The number of methoxy groups -OCH3 is 1. The van der Waals surface area contributed by atoms with Crippen molar-refractivity contribution in [3.63, 3.8) is 0 Å². The van der Waals surface area contributed by atoms with Crippen LogP contribution < -0.4 is 9.64 Å². The SMILES string of the molecule is COc1c(C)cc(C)cc1/C(O)=C1\C(=O)C(=O)N(Cc2ccncc2)C1c1ccc(N(C)C)cc1. The average molecular weight is 472 g/mol. The second-order valence-corrected chi connectivity index (χ2v) is 8.93. The lowest BCUT2D eigenvalue weighted by Gasteiger charge is -2.26. The number of amides is 1. The molecule has 0 radical (unpaired) electrons. The number of hydrogen-bond donors (Lipinski definition) is 1. The van der Waals surface area contributed by atoms with E-state index >= 15 is 0 Å². The molecule has 3 aromatic rings. The maximum Gasteiger partial charge on any atom is 0.295 e. The molecule has 7 heteroatoms. The third-order valence-corrected chi connectivity index (χ3v) is 6.25. The van der Waals surface area contributed by atoms with Crippen molar-refractivity contribution in [3.8, 4) is 5.75 Å².